The van der Waals surface area contributed by atoms with Gasteiger partial charge in [0.1, 0.15) is 0 Å². The van der Waals surface area contributed by atoms with E-state index in [9.17, 15) is 4.79 Å². The molecule has 0 bridgehead atoms. The lowest BCUT2D eigenvalue weighted by molar-refractivity contribution is 0.0939. The van der Waals surface area contributed by atoms with E-state index in [1.165, 1.54) is 0 Å². The Bertz CT molecular complexity index is 364. The van der Waals surface area contributed by atoms with Gasteiger partial charge in [-0.15, -0.1) is 11.3 Å². The SMILES string of the molecule is O=C(NC1CC=CC1)c1csc(I)c1. The van der Waals surface area contributed by atoms with Crippen LogP contribution >= 0.6 is 33.9 Å². The molecule has 0 radical (unpaired) electrons. The summed E-state index contributed by atoms with van der Waals surface area (Å²) in [4.78, 5) is 11.7. The van der Waals surface area contributed by atoms with E-state index < -0.39 is 0 Å². The predicted octanol–water partition coefficient (Wildman–Crippen LogP) is 2.80. The number of nitrogens with one attached hydrogen (secondary N) is 1. The molecule has 2 nitrogen and oxygen atoms in total. The summed E-state index contributed by atoms with van der Waals surface area (Å²) in [7, 11) is 0. The molecule has 1 N–H and O–H groups in total. The van der Waals surface area contributed by atoms with Crippen molar-refractivity contribution >= 4 is 39.8 Å². The Morgan fingerprint density at radius 2 is 2.21 bits per heavy atom. The molecule has 1 aliphatic carbocycles. The molecule has 1 aromatic rings. The summed E-state index contributed by atoms with van der Waals surface area (Å²) < 4.78 is 1.15. The minimum absolute atomic E-state index is 0.0536. The zero-order valence-electron chi connectivity index (χ0n) is 7.50. The van der Waals surface area contributed by atoms with Crippen molar-refractivity contribution in [2.24, 2.45) is 0 Å². The second-order valence-corrected chi connectivity index (χ2v) is 6.06. The smallest absolute Gasteiger partial charge is 0.252 e. The van der Waals surface area contributed by atoms with Crippen molar-refractivity contribution < 1.29 is 4.79 Å². The van der Waals surface area contributed by atoms with Gasteiger partial charge in [-0.25, -0.2) is 0 Å². The highest BCUT2D eigenvalue weighted by Gasteiger charge is 2.15. The summed E-state index contributed by atoms with van der Waals surface area (Å²) >= 11 is 3.83. The molecule has 4 heteroatoms. The van der Waals surface area contributed by atoms with Gasteiger partial charge < -0.3 is 5.32 Å². The highest BCUT2D eigenvalue weighted by Crippen LogP contribution is 2.17. The Morgan fingerprint density at radius 1 is 1.50 bits per heavy atom. The minimum atomic E-state index is 0.0536. The summed E-state index contributed by atoms with van der Waals surface area (Å²) in [5, 5.41) is 4.91. The van der Waals surface area contributed by atoms with Crippen LogP contribution < -0.4 is 5.32 Å². The van der Waals surface area contributed by atoms with Gasteiger partial charge in [-0.3, -0.25) is 4.79 Å². The van der Waals surface area contributed by atoms with Crippen molar-refractivity contribution in [3.05, 3.63) is 32.0 Å². The van der Waals surface area contributed by atoms with Gasteiger partial charge in [-0.2, -0.15) is 0 Å². The highest BCUT2D eigenvalue weighted by molar-refractivity contribution is 14.1. The molecule has 74 valence electrons. The zero-order chi connectivity index (χ0) is 9.97. The summed E-state index contributed by atoms with van der Waals surface area (Å²) in [6.45, 7) is 0. The Labute approximate surface area is 101 Å². The number of thiophene rings is 1. The van der Waals surface area contributed by atoms with Gasteiger partial charge in [0.2, 0.25) is 0 Å². The van der Waals surface area contributed by atoms with Crippen LogP contribution in [0.4, 0.5) is 0 Å². The largest absolute Gasteiger partial charge is 0.349 e. The molecule has 0 aromatic carbocycles. The highest BCUT2D eigenvalue weighted by atomic mass is 127. The first kappa shape index (κ1) is 10.2. The fourth-order valence-corrected chi connectivity index (χ4v) is 2.76. The molecule has 0 unspecified atom stereocenters. The molecule has 0 fully saturated rings. The monoisotopic (exact) mass is 319 g/mol. The molecule has 1 aliphatic rings. The fourth-order valence-electron chi connectivity index (χ4n) is 1.43. The second-order valence-electron chi connectivity index (χ2n) is 3.25. The maximum Gasteiger partial charge on any atom is 0.252 e. The van der Waals surface area contributed by atoms with Crippen LogP contribution in [0.25, 0.3) is 0 Å². The maximum absolute atomic E-state index is 11.7. The van der Waals surface area contributed by atoms with Crippen molar-refractivity contribution in [3.63, 3.8) is 0 Å². The molecule has 0 aliphatic heterocycles. The average Bonchev–Trinajstić information content (AvgIpc) is 2.75. The average molecular weight is 319 g/mol. The lowest BCUT2D eigenvalue weighted by Crippen LogP contribution is -2.32. The van der Waals surface area contributed by atoms with E-state index in [0.29, 0.717) is 6.04 Å². The van der Waals surface area contributed by atoms with E-state index in [1.54, 1.807) is 11.3 Å². The van der Waals surface area contributed by atoms with E-state index in [4.69, 9.17) is 0 Å². The second kappa shape index (κ2) is 4.44. The molecule has 14 heavy (non-hydrogen) atoms. The molecule has 0 saturated heterocycles. The number of hydrogen-bond donors (Lipinski definition) is 1. The number of rotatable bonds is 2. The first-order valence-corrected chi connectivity index (χ1v) is 6.41. The predicted molar refractivity (Wildman–Crippen MR) is 66.7 cm³/mol. The molecule has 2 rings (SSSR count). The van der Waals surface area contributed by atoms with E-state index >= 15 is 0 Å². The molecule has 1 heterocycles. The summed E-state index contributed by atoms with van der Waals surface area (Å²) in [6, 6.07) is 2.23. The third-order valence-corrected chi connectivity index (χ3v) is 3.96. The van der Waals surface area contributed by atoms with Crippen molar-refractivity contribution in [1.82, 2.24) is 5.32 Å². The fraction of sp³-hybridized carbons (Fsp3) is 0.300. The Kier molecular flexibility index (Phi) is 3.22. The Morgan fingerprint density at radius 3 is 2.79 bits per heavy atom. The van der Waals surface area contributed by atoms with Crippen LogP contribution in [0.1, 0.15) is 23.2 Å². The molecule has 0 spiro atoms. The van der Waals surface area contributed by atoms with E-state index in [0.717, 1.165) is 21.3 Å². The van der Waals surface area contributed by atoms with E-state index in [1.807, 2.05) is 11.4 Å². The minimum Gasteiger partial charge on any atom is -0.349 e. The van der Waals surface area contributed by atoms with Crippen LogP contribution in [-0.4, -0.2) is 11.9 Å². The molecular formula is C10H10INOS. The Balaban J connectivity index is 1.95. The Hall–Kier alpha value is -0.360. The maximum atomic E-state index is 11.7. The van der Waals surface area contributed by atoms with Crippen LogP contribution in [0.5, 0.6) is 0 Å². The molecule has 1 amide bonds. The molecular weight excluding hydrogens is 309 g/mol. The summed E-state index contributed by atoms with van der Waals surface area (Å²) in [6.07, 6.45) is 6.16. The molecule has 0 saturated carbocycles. The van der Waals surface area contributed by atoms with Crippen LogP contribution in [0.2, 0.25) is 0 Å². The molecule has 1 aromatic heterocycles. The first-order chi connectivity index (χ1) is 6.75. The molecule has 0 atom stereocenters. The van der Waals surface area contributed by atoms with Gasteiger partial charge in [-0.05, 0) is 41.5 Å². The van der Waals surface area contributed by atoms with Gasteiger partial charge in [0.25, 0.3) is 5.91 Å². The van der Waals surface area contributed by atoms with Gasteiger partial charge in [0, 0.05) is 11.4 Å². The normalized spacial score (nSPS) is 16.1. The van der Waals surface area contributed by atoms with Crippen molar-refractivity contribution in [2.75, 3.05) is 0 Å². The van der Waals surface area contributed by atoms with Gasteiger partial charge >= 0.3 is 0 Å². The number of carbonyl (C=O) groups is 1. The van der Waals surface area contributed by atoms with Crippen molar-refractivity contribution in [2.45, 2.75) is 18.9 Å². The van der Waals surface area contributed by atoms with E-state index in [2.05, 4.69) is 40.1 Å². The van der Waals surface area contributed by atoms with Crippen molar-refractivity contribution in [3.8, 4) is 0 Å². The number of carbonyl (C=O) groups excluding carboxylic acids is 1. The quantitative estimate of drug-likeness (QED) is 0.659. The number of halogens is 1. The van der Waals surface area contributed by atoms with Gasteiger partial charge in [-0.1, -0.05) is 12.2 Å². The first-order valence-electron chi connectivity index (χ1n) is 4.45. The standard InChI is InChI=1S/C10H10INOS/c11-9-5-7(6-14-9)10(13)12-8-3-1-2-4-8/h1-2,5-6,8H,3-4H2,(H,12,13). The van der Waals surface area contributed by atoms with Crippen LogP contribution in [0.3, 0.4) is 0 Å². The zero-order valence-corrected chi connectivity index (χ0v) is 10.5. The lowest BCUT2D eigenvalue weighted by Gasteiger charge is -2.10. The summed E-state index contributed by atoms with van der Waals surface area (Å²) in [5.74, 6) is 0.0536. The van der Waals surface area contributed by atoms with E-state index in [-0.39, 0.29) is 5.91 Å². The van der Waals surface area contributed by atoms with Gasteiger partial charge in [0.05, 0.1) is 8.45 Å². The topological polar surface area (TPSA) is 29.1 Å². The number of amides is 1. The number of hydrogen-bond acceptors (Lipinski definition) is 2. The van der Waals surface area contributed by atoms with Crippen LogP contribution in [-0.2, 0) is 0 Å². The summed E-state index contributed by atoms with van der Waals surface area (Å²) in [5.41, 5.74) is 0.784. The third-order valence-electron chi connectivity index (χ3n) is 2.17. The van der Waals surface area contributed by atoms with Crippen LogP contribution in [0.15, 0.2) is 23.6 Å². The van der Waals surface area contributed by atoms with Crippen LogP contribution in [0, 0.1) is 2.88 Å². The van der Waals surface area contributed by atoms with Crippen molar-refractivity contribution in [1.29, 1.82) is 0 Å². The third kappa shape index (κ3) is 2.36. The lowest BCUT2D eigenvalue weighted by atomic mass is 10.2. The van der Waals surface area contributed by atoms with Gasteiger partial charge in [0.15, 0.2) is 0 Å².